The second-order valence-corrected chi connectivity index (χ2v) is 4.64. The average Bonchev–Trinajstić information content (AvgIpc) is 2.72. The monoisotopic (exact) mass is 280 g/mol. The van der Waals surface area contributed by atoms with Gasteiger partial charge < -0.3 is 15.0 Å². The largest absolute Gasteiger partial charge is 0.480 e. The number of rotatable bonds is 4. The number of nitrogens with zero attached hydrogens (tertiary/aromatic N) is 1. The summed E-state index contributed by atoms with van der Waals surface area (Å²) in [5.41, 5.74) is 0.837. The Balaban J connectivity index is 2.31. The van der Waals surface area contributed by atoms with E-state index in [4.69, 9.17) is 16.7 Å². The SMILES string of the molecule is CC(=O)NC(Cn1ccc2c(Cl)cccc21)C(=O)O. The van der Waals surface area contributed by atoms with E-state index in [-0.39, 0.29) is 12.5 Å². The Bertz CT molecular complexity index is 636. The number of carboxylic acid groups (broad SMARTS) is 1. The van der Waals surface area contributed by atoms with Crippen molar-refractivity contribution >= 4 is 34.4 Å². The summed E-state index contributed by atoms with van der Waals surface area (Å²) in [7, 11) is 0. The van der Waals surface area contributed by atoms with Crippen molar-refractivity contribution in [3.63, 3.8) is 0 Å². The number of carbonyl (C=O) groups excluding carboxylic acids is 1. The molecule has 1 aromatic heterocycles. The smallest absolute Gasteiger partial charge is 0.328 e. The average molecular weight is 281 g/mol. The first-order valence-corrected chi connectivity index (χ1v) is 6.10. The van der Waals surface area contributed by atoms with Gasteiger partial charge in [-0.05, 0) is 18.2 Å². The van der Waals surface area contributed by atoms with Crippen molar-refractivity contribution in [1.29, 1.82) is 0 Å². The summed E-state index contributed by atoms with van der Waals surface area (Å²) >= 11 is 6.05. The van der Waals surface area contributed by atoms with E-state index in [0.717, 1.165) is 10.9 Å². The predicted molar refractivity (Wildman–Crippen MR) is 72.2 cm³/mol. The van der Waals surface area contributed by atoms with Crippen molar-refractivity contribution in [1.82, 2.24) is 9.88 Å². The van der Waals surface area contributed by atoms with Gasteiger partial charge in [-0.3, -0.25) is 4.79 Å². The lowest BCUT2D eigenvalue weighted by atomic mass is 10.2. The molecule has 0 spiro atoms. The molecular weight excluding hydrogens is 268 g/mol. The van der Waals surface area contributed by atoms with E-state index in [1.165, 1.54) is 6.92 Å². The number of carboxylic acids is 1. The maximum absolute atomic E-state index is 11.1. The summed E-state index contributed by atoms with van der Waals surface area (Å²) in [5, 5.41) is 13.0. The van der Waals surface area contributed by atoms with Crippen LogP contribution < -0.4 is 5.32 Å². The topological polar surface area (TPSA) is 71.3 Å². The minimum atomic E-state index is -1.07. The molecule has 0 aliphatic heterocycles. The Kier molecular flexibility index (Phi) is 3.76. The summed E-state index contributed by atoms with van der Waals surface area (Å²) in [6, 6.07) is 6.29. The van der Waals surface area contributed by atoms with Crippen LogP contribution in [0.15, 0.2) is 30.5 Å². The Labute approximate surface area is 114 Å². The molecule has 5 nitrogen and oxygen atoms in total. The van der Waals surface area contributed by atoms with Crippen LogP contribution in [-0.2, 0) is 16.1 Å². The van der Waals surface area contributed by atoms with Crippen LogP contribution in [-0.4, -0.2) is 27.6 Å². The van der Waals surface area contributed by atoms with E-state index in [1.54, 1.807) is 22.9 Å². The highest BCUT2D eigenvalue weighted by molar-refractivity contribution is 6.35. The van der Waals surface area contributed by atoms with E-state index < -0.39 is 12.0 Å². The first-order valence-electron chi connectivity index (χ1n) is 5.72. The van der Waals surface area contributed by atoms with Gasteiger partial charge in [0.15, 0.2) is 0 Å². The van der Waals surface area contributed by atoms with Crippen LogP contribution in [0.4, 0.5) is 0 Å². The Morgan fingerprint density at radius 2 is 2.16 bits per heavy atom. The highest BCUT2D eigenvalue weighted by Gasteiger charge is 2.19. The highest BCUT2D eigenvalue weighted by Crippen LogP contribution is 2.24. The van der Waals surface area contributed by atoms with E-state index >= 15 is 0 Å². The second-order valence-electron chi connectivity index (χ2n) is 4.23. The third-order valence-corrected chi connectivity index (χ3v) is 3.14. The lowest BCUT2D eigenvalue weighted by molar-refractivity contribution is -0.141. The molecule has 0 saturated carbocycles. The summed E-state index contributed by atoms with van der Waals surface area (Å²) in [5.74, 6) is -1.44. The van der Waals surface area contributed by atoms with Gasteiger partial charge in [0.1, 0.15) is 6.04 Å². The molecule has 2 rings (SSSR count). The molecule has 1 unspecified atom stereocenters. The fraction of sp³-hybridized carbons (Fsp3) is 0.231. The fourth-order valence-electron chi connectivity index (χ4n) is 1.97. The van der Waals surface area contributed by atoms with Crippen LogP contribution in [0.1, 0.15) is 6.92 Å². The molecule has 0 bridgehead atoms. The number of hydrogen-bond acceptors (Lipinski definition) is 2. The summed E-state index contributed by atoms with van der Waals surface area (Å²) in [6.45, 7) is 1.44. The van der Waals surface area contributed by atoms with Gasteiger partial charge in [0.25, 0.3) is 0 Å². The van der Waals surface area contributed by atoms with Gasteiger partial charge in [-0.1, -0.05) is 17.7 Å². The molecule has 1 amide bonds. The first kappa shape index (κ1) is 13.4. The molecule has 6 heteroatoms. The molecule has 1 aromatic carbocycles. The Morgan fingerprint density at radius 3 is 2.79 bits per heavy atom. The molecule has 2 N–H and O–H groups in total. The van der Waals surface area contributed by atoms with Crippen LogP contribution in [0.3, 0.4) is 0 Å². The molecule has 1 atom stereocenters. The van der Waals surface area contributed by atoms with Crippen LogP contribution in [0.25, 0.3) is 10.9 Å². The zero-order valence-electron chi connectivity index (χ0n) is 10.3. The summed E-state index contributed by atoms with van der Waals surface area (Å²) < 4.78 is 1.76. The van der Waals surface area contributed by atoms with Gasteiger partial charge in [-0.25, -0.2) is 4.79 Å². The molecular formula is C13H13ClN2O3. The van der Waals surface area contributed by atoms with Crippen LogP contribution in [0.5, 0.6) is 0 Å². The number of halogens is 1. The number of amides is 1. The van der Waals surface area contributed by atoms with Crippen molar-refractivity contribution in [2.45, 2.75) is 19.5 Å². The van der Waals surface area contributed by atoms with Crippen LogP contribution >= 0.6 is 11.6 Å². The van der Waals surface area contributed by atoms with Gasteiger partial charge in [0.05, 0.1) is 6.54 Å². The fourth-order valence-corrected chi connectivity index (χ4v) is 2.21. The third kappa shape index (κ3) is 2.88. The molecule has 100 valence electrons. The summed E-state index contributed by atoms with van der Waals surface area (Å²) in [6.07, 6.45) is 1.76. The lowest BCUT2D eigenvalue weighted by Gasteiger charge is -2.15. The molecule has 0 radical (unpaired) electrons. The number of fused-ring (bicyclic) bond motifs is 1. The predicted octanol–water partition coefficient (Wildman–Crippen LogP) is 1.88. The number of aromatic nitrogens is 1. The highest BCUT2D eigenvalue weighted by atomic mass is 35.5. The van der Waals surface area contributed by atoms with Crippen molar-refractivity contribution in [2.75, 3.05) is 0 Å². The van der Waals surface area contributed by atoms with E-state index in [9.17, 15) is 9.59 Å². The number of aliphatic carboxylic acids is 1. The maximum atomic E-state index is 11.1. The second kappa shape index (κ2) is 5.32. The van der Waals surface area contributed by atoms with Crippen molar-refractivity contribution < 1.29 is 14.7 Å². The minimum absolute atomic E-state index is 0.152. The standard InChI is InChI=1S/C13H13ClN2O3/c1-8(17)15-11(13(18)19)7-16-6-5-9-10(14)3-2-4-12(9)16/h2-6,11H,7H2,1H3,(H,15,17)(H,18,19). The molecule has 0 fully saturated rings. The summed E-state index contributed by atoms with van der Waals surface area (Å²) in [4.78, 5) is 22.1. The van der Waals surface area contributed by atoms with Crippen LogP contribution in [0, 0.1) is 0 Å². The van der Waals surface area contributed by atoms with Crippen molar-refractivity contribution in [3.05, 3.63) is 35.5 Å². The maximum Gasteiger partial charge on any atom is 0.328 e. The number of benzene rings is 1. The van der Waals surface area contributed by atoms with E-state index in [1.807, 2.05) is 12.1 Å². The van der Waals surface area contributed by atoms with Gasteiger partial charge in [0, 0.05) is 29.0 Å². The Morgan fingerprint density at radius 1 is 1.42 bits per heavy atom. The van der Waals surface area contributed by atoms with Gasteiger partial charge >= 0.3 is 5.97 Å². The van der Waals surface area contributed by atoms with Crippen molar-refractivity contribution in [3.8, 4) is 0 Å². The number of carbonyl (C=O) groups is 2. The zero-order valence-corrected chi connectivity index (χ0v) is 11.0. The van der Waals surface area contributed by atoms with Gasteiger partial charge in [-0.15, -0.1) is 0 Å². The molecule has 2 aromatic rings. The van der Waals surface area contributed by atoms with Crippen LogP contribution in [0.2, 0.25) is 5.02 Å². The van der Waals surface area contributed by atoms with Crippen molar-refractivity contribution in [2.24, 2.45) is 0 Å². The molecule has 0 aliphatic rings. The normalized spacial score (nSPS) is 12.3. The first-order chi connectivity index (χ1) is 8.99. The van der Waals surface area contributed by atoms with Gasteiger partial charge in [-0.2, -0.15) is 0 Å². The quantitative estimate of drug-likeness (QED) is 0.898. The zero-order chi connectivity index (χ0) is 14.0. The third-order valence-electron chi connectivity index (χ3n) is 2.82. The Hall–Kier alpha value is -2.01. The van der Waals surface area contributed by atoms with E-state index in [0.29, 0.717) is 5.02 Å². The molecule has 0 aliphatic carbocycles. The molecule has 19 heavy (non-hydrogen) atoms. The van der Waals surface area contributed by atoms with Gasteiger partial charge in [0.2, 0.25) is 5.91 Å². The van der Waals surface area contributed by atoms with E-state index in [2.05, 4.69) is 5.32 Å². The molecule has 0 saturated heterocycles. The lowest BCUT2D eigenvalue weighted by Crippen LogP contribution is -2.42. The number of hydrogen-bond donors (Lipinski definition) is 2. The number of nitrogens with one attached hydrogen (secondary N) is 1. The molecule has 1 heterocycles. The minimum Gasteiger partial charge on any atom is -0.480 e.